The topological polar surface area (TPSA) is 73.4 Å². The number of aryl methyl sites for hydroxylation is 1. The lowest BCUT2D eigenvalue weighted by Gasteiger charge is -2.26. The molecule has 3 aromatic carbocycles. The maximum Gasteiger partial charge on any atom is 0.287 e. The summed E-state index contributed by atoms with van der Waals surface area (Å²) in [4.78, 5) is 13.3. The summed E-state index contributed by atoms with van der Waals surface area (Å²) < 4.78 is 17.3. The third-order valence-electron chi connectivity index (χ3n) is 5.26. The van der Waals surface area contributed by atoms with Gasteiger partial charge in [-0.2, -0.15) is 0 Å². The van der Waals surface area contributed by atoms with Crippen molar-refractivity contribution in [1.29, 1.82) is 0 Å². The highest BCUT2D eigenvalue weighted by Crippen LogP contribution is 2.30. The maximum absolute atomic E-state index is 13.3. The minimum absolute atomic E-state index is 0.118. The van der Waals surface area contributed by atoms with E-state index in [9.17, 15) is 4.79 Å². The van der Waals surface area contributed by atoms with Crippen molar-refractivity contribution in [3.63, 3.8) is 0 Å². The lowest BCUT2D eigenvalue weighted by molar-refractivity contribution is -0.687. The predicted molar refractivity (Wildman–Crippen MR) is 119 cm³/mol. The number of nitrogens with one attached hydrogen (secondary N) is 1. The Bertz CT molecular complexity index is 1040. The van der Waals surface area contributed by atoms with Gasteiger partial charge in [0.15, 0.2) is 23.6 Å². The summed E-state index contributed by atoms with van der Waals surface area (Å²) in [6.45, 7) is 3.00. The van der Waals surface area contributed by atoms with Gasteiger partial charge in [-0.1, -0.05) is 48.5 Å². The fourth-order valence-electron chi connectivity index (χ4n) is 3.65. The van der Waals surface area contributed by atoms with Crippen LogP contribution < -0.4 is 24.8 Å². The minimum Gasteiger partial charge on any atom is -0.495 e. The van der Waals surface area contributed by atoms with Crippen molar-refractivity contribution in [3.8, 4) is 17.2 Å². The zero-order valence-electron chi connectivity index (χ0n) is 17.7. The number of para-hydroxylation sites is 2. The van der Waals surface area contributed by atoms with Crippen LogP contribution in [0.2, 0.25) is 0 Å². The Morgan fingerprint density at radius 3 is 2.61 bits per heavy atom. The van der Waals surface area contributed by atoms with E-state index in [1.54, 1.807) is 7.11 Å². The normalized spacial score (nSPS) is 15.7. The van der Waals surface area contributed by atoms with Crippen LogP contribution in [0.25, 0.3) is 0 Å². The molecular weight excluding hydrogens is 392 g/mol. The molecule has 0 spiro atoms. The Labute approximate surface area is 182 Å². The zero-order valence-corrected chi connectivity index (χ0v) is 17.7. The van der Waals surface area contributed by atoms with Gasteiger partial charge in [-0.3, -0.25) is 4.79 Å². The van der Waals surface area contributed by atoms with Gasteiger partial charge in [-0.05, 0) is 36.8 Å². The standard InChI is InChI=1S/C25H26N2O4/c1-17-12-13-21(29-2)20(14-17)27-25(28)24(18-8-4-3-5-9-18)26-15-19-16-30-22-10-6-7-11-23(22)31-19/h3-14,19,24,26H,15-16H2,1-2H3,(H,27,28)/p+1/t19-,24-/m0/s1. The summed E-state index contributed by atoms with van der Waals surface area (Å²) >= 11 is 0. The third-order valence-corrected chi connectivity index (χ3v) is 5.26. The van der Waals surface area contributed by atoms with Gasteiger partial charge in [0.2, 0.25) is 0 Å². The van der Waals surface area contributed by atoms with Gasteiger partial charge >= 0.3 is 0 Å². The second kappa shape index (κ2) is 9.53. The molecule has 3 N–H and O–H groups in total. The van der Waals surface area contributed by atoms with Crippen molar-refractivity contribution in [2.75, 3.05) is 25.6 Å². The molecule has 4 rings (SSSR count). The molecule has 2 atom stereocenters. The summed E-state index contributed by atoms with van der Waals surface area (Å²) in [6.07, 6.45) is -0.151. The SMILES string of the molecule is COc1ccc(C)cc1NC(=O)[C@@H]([NH2+]C[C@H]1COc2ccccc2O1)c1ccccc1. The predicted octanol–water partition coefficient (Wildman–Crippen LogP) is 3.09. The van der Waals surface area contributed by atoms with Gasteiger partial charge in [0.05, 0.1) is 12.8 Å². The van der Waals surface area contributed by atoms with Crippen LogP contribution in [0.4, 0.5) is 5.69 Å². The van der Waals surface area contributed by atoms with Crippen LogP contribution in [0.5, 0.6) is 17.2 Å². The molecule has 1 heterocycles. The van der Waals surface area contributed by atoms with E-state index in [1.165, 1.54) is 0 Å². The van der Waals surface area contributed by atoms with Crippen LogP contribution in [0.1, 0.15) is 17.2 Å². The zero-order chi connectivity index (χ0) is 21.6. The van der Waals surface area contributed by atoms with Gasteiger partial charge in [0.25, 0.3) is 5.91 Å². The number of quaternary nitrogens is 1. The molecule has 31 heavy (non-hydrogen) atoms. The number of carbonyl (C=O) groups excluding carboxylic acids is 1. The number of ether oxygens (including phenoxy) is 3. The maximum atomic E-state index is 13.3. The van der Waals surface area contributed by atoms with Crippen molar-refractivity contribution in [3.05, 3.63) is 83.9 Å². The molecule has 0 aliphatic carbocycles. The molecule has 3 aromatic rings. The van der Waals surface area contributed by atoms with Crippen LogP contribution in [-0.4, -0.2) is 32.3 Å². The van der Waals surface area contributed by atoms with Crippen molar-refractivity contribution >= 4 is 11.6 Å². The van der Waals surface area contributed by atoms with E-state index in [1.807, 2.05) is 85.0 Å². The number of hydrogen-bond donors (Lipinski definition) is 2. The Hall–Kier alpha value is -3.51. The molecule has 0 aromatic heterocycles. The average molecular weight is 420 g/mol. The number of carbonyl (C=O) groups is 1. The molecule has 1 aliphatic rings. The van der Waals surface area contributed by atoms with Crippen LogP contribution >= 0.6 is 0 Å². The van der Waals surface area contributed by atoms with E-state index in [2.05, 4.69) is 5.32 Å². The molecular formula is C25H27N2O4+. The number of benzene rings is 3. The molecule has 0 radical (unpaired) electrons. The first kappa shape index (κ1) is 20.8. The van der Waals surface area contributed by atoms with Crippen LogP contribution in [0.15, 0.2) is 72.8 Å². The summed E-state index contributed by atoms with van der Waals surface area (Å²) in [5.74, 6) is 2.00. The van der Waals surface area contributed by atoms with Crippen molar-refractivity contribution < 1.29 is 24.3 Å². The molecule has 0 unspecified atom stereocenters. The lowest BCUT2D eigenvalue weighted by Crippen LogP contribution is -2.89. The highest BCUT2D eigenvalue weighted by Gasteiger charge is 2.29. The molecule has 1 amide bonds. The van der Waals surface area contributed by atoms with Crippen LogP contribution in [-0.2, 0) is 4.79 Å². The summed E-state index contributed by atoms with van der Waals surface area (Å²) in [6, 6.07) is 22.6. The molecule has 160 valence electrons. The smallest absolute Gasteiger partial charge is 0.287 e. The largest absolute Gasteiger partial charge is 0.495 e. The highest BCUT2D eigenvalue weighted by molar-refractivity contribution is 5.95. The van der Waals surface area contributed by atoms with Gasteiger partial charge in [0.1, 0.15) is 18.9 Å². The van der Waals surface area contributed by atoms with Crippen molar-refractivity contribution in [1.82, 2.24) is 0 Å². The van der Waals surface area contributed by atoms with E-state index < -0.39 is 6.04 Å². The fourth-order valence-corrected chi connectivity index (χ4v) is 3.65. The lowest BCUT2D eigenvalue weighted by atomic mass is 10.1. The molecule has 0 saturated carbocycles. The van der Waals surface area contributed by atoms with Crippen molar-refractivity contribution in [2.45, 2.75) is 19.1 Å². The quantitative estimate of drug-likeness (QED) is 0.617. The van der Waals surface area contributed by atoms with Gasteiger partial charge in [0, 0.05) is 5.56 Å². The summed E-state index contributed by atoms with van der Waals surface area (Å²) in [5.41, 5.74) is 2.62. The number of amides is 1. The van der Waals surface area contributed by atoms with Crippen LogP contribution in [0, 0.1) is 6.92 Å². The number of anilines is 1. The van der Waals surface area contributed by atoms with E-state index >= 15 is 0 Å². The molecule has 1 aliphatic heterocycles. The first-order valence-corrected chi connectivity index (χ1v) is 10.4. The number of methoxy groups -OCH3 is 1. The van der Waals surface area contributed by atoms with Crippen molar-refractivity contribution in [2.24, 2.45) is 0 Å². The summed E-state index contributed by atoms with van der Waals surface area (Å²) in [7, 11) is 1.60. The molecule has 6 heteroatoms. The average Bonchev–Trinajstić information content (AvgIpc) is 2.80. The number of hydrogen-bond acceptors (Lipinski definition) is 4. The Morgan fingerprint density at radius 1 is 1.10 bits per heavy atom. The van der Waals surface area contributed by atoms with Gasteiger partial charge in [-0.15, -0.1) is 0 Å². The molecule has 0 saturated heterocycles. The first-order valence-electron chi connectivity index (χ1n) is 10.4. The molecule has 0 bridgehead atoms. The second-order valence-electron chi connectivity index (χ2n) is 7.55. The Morgan fingerprint density at radius 2 is 1.84 bits per heavy atom. The van der Waals surface area contributed by atoms with E-state index in [4.69, 9.17) is 14.2 Å². The number of rotatable bonds is 7. The van der Waals surface area contributed by atoms with E-state index in [0.717, 1.165) is 22.6 Å². The molecule has 6 nitrogen and oxygen atoms in total. The van der Waals surface area contributed by atoms with E-state index in [-0.39, 0.29) is 12.0 Å². The summed E-state index contributed by atoms with van der Waals surface area (Å²) in [5, 5.41) is 5.03. The third kappa shape index (κ3) is 4.98. The Kier molecular flexibility index (Phi) is 6.38. The molecule has 0 fully saturated rings. The fraction of sp³-hybridized carbons (Fsp3) is 0.240. The second-order valence-corrected chi connectivity index (χ2v) is 7.55. The number of fused-ring (bicyclic) bond motifs is 1. The minimum atomic E-state index is -0.438. The van der Waals surface area contributed by atoms with E-state index in [0.29, 0.717) is 24.6 Å². The Balaban J connectivity index is 1.49. The first-order chi connectivity index (χ1) is 15.1. The van der Waals surface area contributed by atoms with Gasteiger partial charge < -0.3 is 24.8 Å². The monoisotopic (exact) mass is 419 g/mol. The number of nitrogens with two attached hydrogens (primary N) is 1. The highest BCUT2D eigenvalue weighted by atomic mass is 16.6. The van der Waals surface area contributed by atoms with Crippen LogP contribution in [0.3, 0.4) is 0 Å². The van der Waals surface area contributed by atoms with Gasteiger partial charge in [-0.25, -0.2) is 0 Å².